The van der Waals surface area contributed by atoms with E-state index in [9.17, 15) is 14.4 Å². The van der Waals surface area contributed by atoms with Crippen molar-refractivity contribution in [1.82, 2.24) is 9.55 Å². The van der Waals surface area contributed by atoms with Crippen LogP contribution in [-0.4, -0.2) is 22.0 Å². The molecule has 1 amide bonds. The number of carbonyl (C=O) groups excluding carboxylic acids is 1. The maximum atomic E-state index is 13.8. The quantitative estimate of drug-likeness (QED) is 0.448. The third-order valence-corrected chi connectivity index (χ3v) is 7.88. The van der Waals surface area contributed by atoms with Crippen molar-refractivity contribution < 1.29 is 4.79 Å². The third-order valence-electron chi connectivity index (χ3n) is 6.51. The Hall–Kier alpha value is -3.39. The number of hydrogen-bond acceptors (Lipinski definition) is 5. The van der Waals surface area contributed by atoms with Crippen LogP contribution in [-0.2, 0) is 13.0 Å². The number of rotatable bonds is 8. The van der Waals surface area contributed by atoms with Crippen LogP contribution in [0.15, 0.2) is 57.6 Å². The molecule has 0 bridgehead atoms. The fraction of sp³-hybridized carbons (Fsp3) is 0.370. The van der Waals surface area contributed by atoms with E-state index in [0.29, 0.717) is 17.8 Å². The van der Waals surface area contributed by atoms with Crippen LogP contribution in [0.2, 0.25) is 0 Å². The van der Waals surface area contributed by atoms with E-state index < -0.39 is 11.2 Å². The van der Waals surface area contributed by atoms with E-state index in [4.69, 9.17) is 5.73 Å². The number of nitrogens with one attached hydrogen (secondary N) is 1. The molecule has 0 unspecified atom stereocenters. The summed E-state index contributed by atoms with van der Waals surface area (Å²) >= 11 is 1.45. The highest BCUT2D eigenvalue weighted by atomic mass is 32.1. The fourth-order valence-corrected chi connectivity index (χ4v) is 5.64. The van der Waals surface area contributed by atoms with Gasteiger partial charge in [0.1, 0.15) is 5.82 Å². The monoisotopic (exact) mass is 492 g/mol. The summed E-state index contributed by atoms with van der Waals surface area (Å²) in [6.07, 6.45) is 8.08. The maximum Gasteiger partial charge on any atom is 0.330 e. The van der Waals surface area contributed by atoms with Crippen LogP contribution in [0.5, 0.6) is 0 Å². The summed E-state index contributed by atoms with van der Waals surface area (Å²) in [4.78, 5) is 45.1. The first-order valence-corrected chi connectivity index (χ1v) is 13.0. The standard InChI is InChI=1S/C27H32N4O3S/c1-3-21-18(2)16-22(35-21)26(33)30(15-14-19-10-6-4-7-11-19)23-24(28)31(27(34)29-25(23)32)17-20-12-8-5-9-13-20/h5,8-10,12-13,16H,3-4,6-7,11,14-15,17,28H2,1-2H3,(H,29,32,34). The molecule has 0 fully saturated rings. The van der Waals surface area contributed by atoms with Crippen LogP contribution >= 0.6 is 11.3 Å². The predicted octanol–water partition coefficient (Wildman–Crippen LogP) is 4.64. The normalized spacial score (nSPS) is 13.5. The minimum Gasteiger partial charge on any atom is -0.383 e. The Morgan fingerprint density at radius 1 is 1.20 bits per heavy atom. The molecule has 1 aliphatic carbocycles. The van der Waals surface area contributed by atoms with Gasteiger partial charge >= 0.3 is 5.69 Å². The lowest BCUT2D eigenvalue weighted by Crippen LogP contribution is -2.41. The molecule has 2 heterocycles. The van der Waals surface area contributed by atoms with E-state index in [0.717, 1.165) is 41.7 Å². The largest absolute Gasteiger partial charge is 0.383 e. The third kappa shape index (κ3) is 5.48. The molecule has 184 valence electrons. The Kier molecular flexibility index (Phi) is 7.70. The smallest absolute Gasteiger partial charge is 0.330 e. The van der Waals surface area contributed by atoms with Gasteiger partial charge in [0, 0.05) is 11.4 Å². The van der Waals surface area contributed by atoms with Gasteiger partial charge in [-0.1, -0.05) is 48.9 Å². The van der Waals surface area contributed by atoms with Crippen molar-refractivity contribution >= 4 is 28.7 Å². The number of hydrogen-bond donors (Lipinski definition) is 2. The number of nitrogen functional groups attached to an aromatic ring is 1. The first kappa shape index (κ1) is 24.7. The van der Waals surface area contributed by atoms with Gasteiger partial charge in [-0.25, -0.2) is 4.79 Å². The number of aryl methyl sites for hydroxylation is 2. The van der Waals surface area contributed by atoms with Crippen LogP contribution < -0.4 is 21.9 Å². The summed E-state index contributed by atoms with van der Waals surface area (Å²) in [5, 5.41) is 0. The summed E-state index contributed by atoms with van der Waals surface area (Å²) in [6.45, 7) is 4.56. The van der Waals surface area contributed by atoms with Crippen molar-refractivity contribution in [2.75, 3.05) is 17.2 Å². The molecule has 0 spiro atoms. The topological polar surface area (TPSA) is 101 Å². The summed E-state index contributed by atoms with van der Waals surface area (Å²) < 4.78 is 1.32. The lowest BCUT2D eigenvalue weighted by Gasteiger charge is -2.25. The second-order valence-electron chi connectivity index (χ2n) is 8.95. The number of nitrogens with zero attached hydrogens (tertiary/aromatic N) is 2. The number of benzene rings is 1. The van der Waals surface area contributed by atoms with Gasteiger partial charge < -0.3 is 5.73 Å². The van der Waals surface area contributed by atoms with Crippen LogP contribution in [0.1, 0.15) is 64.7 Å². The molecule has 3 aromatic rings. The van der Waals surface area contributed by atoms with Crippen molar-refractivity contribution in [1.29, 1.82) is 0 Å². The zero-order chi connectivity index (χ0) is 24.9. The molecular formula is C27H32N4O3S. The molecule has 0 aliphatic heterocycles. The zero-order valence-corrected chi connectivity index (χ0v) is 21.1. The minimum atomic E-state index is -0.647. The van der Waals surface area contributed by atoms with Crippen molar-refractivity contribution in [3.05, 3.63) is 89.8 Å². The highest BCUT2D eigenvalue weighted by Gasteiger charge is 2.27. The number of anilines is 2. The first-order valence-electron chi connectivity index (χ1n) is 12.1. The Morgan fingerprint density at radius 2 is 1.97 bits per heavy atom. The number of thiophene rings is 1. The SMILES string of the molecule is CCc1sc(C(=O)N(CCC2=CCCCC2)c2c(N)n(Cc3ccccc3)c(=O)[nH]c2=O)cc1C. The summed E-state index contributed by atoms with van der Waals surface area (Å²) in [6, 6.07) is 11.3. The lowest BCUT2D eigenvalue weighted by molar-refractivity contribution is 0.0990. The summed E-state index contributed by atoms with van der Waals surface area (Å²) in [5.74, 6) is -0.270. The number of nitrogens with two attached hydrogens (primary N) is 1. The second kappa shape index (κ2) is 10.9. The number of aromatic nitrogens is 2. The van der Waals surface area contributed by atoms with E-state index >= 15 is 0 Å². The molecule has 0 atom stereocenters. The first-order chi connectivity index (χ1) is 16.9. The highest BCUT2D eigenvalue weighted by Crippen LogP contribution is 2.28. The summed E-state index contributed by atoms with van der Waals surface area (Å²) in [7, 11) is 0. The van der Waals surface area contributed by atoms with Gasteiger partial charge in [-0.2, -0.15) is 0 Å². The molecule has 1 aliphatic rings. The molecule has 1 aromatic carbocycles. The Morgan fingerprint density at radius 3 is 2.63 bits per heavy atom. The van der Waals surface area contributed by atoms with Gasteiger partial charge in [0.25, 0.3) is 11.5 Å². The number of H-pyrrole nitrogens is 1. The molecule has 0 radical (unpaired) electrons. The molecular weight excluding hydrogens is 460 g/mol. The molecule has 2 aromatic heterocycles. The van der Waals surface area contributed by atoms with Gasteiger partial charge in [0.05, 0.1) is 11.4 Å². The van der Waals surface area contributed by atoms with Crippen LogP contribution in [0, 0.1) is 6.92 Å². The number of aromatic amines is 1. The molecule has 8 heteroatoms. The van der Waals surface area contributed by atoms with Crippen molar-refractivity contribution in [3.63, 3.8) is 0 Å². The molecule has 4 rings (SSSR count). The molecule has 35 heavy (non-hydrogen) atoms. The Labute approximate surface area is 208 Å². The van der Waals surface area contributed by atoms with Crippen molar-refractivity contribution in [2.24, 2.45) is 0 Å². The second-order valence-corrected chi connectivity index (χ2v) is 10.1. The number of allylic oxidation sites excluding steroid dienone is 1. The minimum absolute atomic E-state index is 0.00225. The van der Waals surface area contributed by atoms with Gasteiger partial charge in [-0.15, -0.1) is 11.3 Å². The lowest BCUT2D eigenvalue weighted by atomic mass is 9.97. The van der Waals surface area contributed by atoms with E-state index in [1.807, 2.05) is 43.3 Å². The maximum absolute atomic E-state index is 13.8. The summed E-state index contributed by atoms with van der Waals surface area (Å²) in [5.41, 5.74) is 8.47. The van der Waals surface area contributed by atoms with Gasteiger partial charge in [-0.05, 0) is 62.6 Å². The average molecular weight is 493 g/mol. The van der Waals surface area contributed by atoms with Crippen LogP contribution in [0.4, 0.5) is 11.5 Å². The Bertz CT molecular complexity index is 1350. The van der Waals surface area contributed by atoms with Crippen molar-refractivity contribution in [3.8, 4) is 0 Å². The van der Waals surface area contributed by atoms with E-state index in [-0.39, 0.29) is 24.0 Å². The molecule has 7 nitrogen and oxygen atoms in total. The highest BCUT2D eigenvalue weighted by molar-refractivity contribution is 7.14. The molecule has 0 saturated carbocycles. The Balaban J connectivity index is 1.77. The van der Waals surface area contributed by atoms with E-state index in [1.165, 1.54) is 32.8 Å². The van der Waals surface area contributed by atoms with Crippen molar-refractivity contribution in [2.45, 2.75) is 58.9 Å². The van der Waals surface area contributed by atoms with Gasteiger partial charge in [-0.3, -0.25) is 24.0 Å². The van der Waals surface area contributed by atoms with Gasteiger partial charge in [0.2, 0.25) is 0 Å². The van der Waals surface area contributed by atoms with Crippen LogP contribution in [0.25, 0.3) is 0 Å². The van der Waals surface area contributed by atoms with Crippen LogP contribution in [0.3, 0.4) is 0 Å². The number of carbonyl (C=O) groups is 1. The predicted molar refractivity (Wildman–Crippen MR) is 143 cm³/mol. The zero-order valence-electron chi connectivity index (χ0n) is 20.3. The molecule has 0 saturated heterocycles. The fourth-order valence-electron chi connectivity index (χ4n) is 4.57. The average Bonchev–Trinajstić information content (AvgIpc) is 3.25. The van der Waals surface area contributed by atoms with E-state index in [1.54, 1.807) is 0 Å². The number of amides is 1. The van der Waals surface area contributed by atoms with Gasteiger partial charge in [0.15, 0.2) is 5.69 Å². The molecule has 3 N–H and O–H groups in total. The van der Waals surface area contributed by atoms with E-state index in [2.05, 4.69) is 18.0 Å².